The lowest BCUT2D eigenvalue weighted by Crippen LogP contribution is -2.37. The van der Waals surface area contributed by atoms with Gasteiger partial charge in [0.2, 0.25) is 0 Å². The van der Waals surface area contributed by atoms with E-state index in [9.17, 15) is 4.79 Å². The second-order valence-corrected chi connectivity index (χ2v) is 4.13. The number of methoxy groups -OCH3 is 1. The van der Waals surface area contributed by atoms with E-state index in [1.165, 1.54) is 5.56 Å². The molecule has 0 bridgehead atoms. The van der Waals surface area contributed by atoms with E-state index in [-0.39, 0.29) is 6.03 Å². The molecular formula is C14H22N2O2. The minimum atomic E-state index is -0.0861. The summed E-state index contributed by atoms with van der Waals surface area (Å²) in [5, 5.41) is 5.66. The summed E-state index contributed by atoms with van der Waals surface area (Å²) in [7, 11) is 1.65. The molecule has 4 nitrogen and oxygen atoms in total. The van der Waals surface area contributed by atoms with Crippen LogP contribution >= 0.6 is 0 Å². The molecular weight excluding hydrogens is 228 g/mol. The fourth-order valence-corrected chi connectivity index (χ4v) is 1.55. The average molecular weight is 250 g/mol. The predicted molar refractivity (Wildman–Crippen MR) is 73.0 cm³/mol. The summed E-state index contributed by atoms with van der Waals surface area (Å²) in [5.74, 6) is 0.851. The highest BCUT2D eigenvalue weighted by Gasteiger charge is 1.99. The van der Waals surface area contributed by atoms with E-state index < -0.39 is 0 Å². The van der Waals surface area contributed by atoms with Gasteiger partial charge < -0.3 is 15.4 Å². The van der Waals surface area contributed by atoms with Crippen molar-refractivity contribution in [1.82, 2.24) is 10.6 Å². The molecule has 0 saturated carbocycles. The fourth-order valence-electron chi connectivity index (χ4n) is 1.55. The number of hydrogen-bond acceptors (Lipinski definition) is 2. The molecule has 0 fully saturated rings. The van der Waals surface area contributed by atoms with Crippen molar-refractivity contribution in [3.8, 4) is 5.75 Å². The maximum absolute atomic E-state index is 11.4. The molecule has 1 rings (SSSR count). The van der Waals surface area contributed by atoms with E-state index >= 15 is 0 Å². The van der Waals surface area contributed by atoms with E-state index in [0.717, 1.165) is 31.6 Å². The van der Waals surface area contributed by atoms with Gasteiger partial charge in [-0.1, -0.05) is 25.5 Å². The topological polar surface area (TPSA) is 50.4 Å². The van der Waals surface area contributed by atoms with Gasteiger partial charge in [-0.15, -0.1) is 0 Å². The first-order valence-corrected chi connectivity index (χ1v) is 6.41. The van der Waals surface area contributed by atoms with E-state index in [2.05, 4.69) is 17.6 Å². The molecule has 0 saturated heterocycles. The molecule has 1 aromatic carbocycles. The first-order chi connectivity index (χ1) is 8.76. The number of hydrogen-bond donors (Lipinski definition) is 2. The van der Waals surface area contributed by atoms with Gasteiger partial charge in [-0.3, -0.25) is 0 Å². The van der Waals surface area contributed by atoms with Crippen LogP contribution in [-0.2, 0) is 6.42 Å². The molecule has 4 heteroatoms. The van der Waals surface area contributed by atoms with Crippen molar-refractivity contribution >= 4 is 6.03 Å². The Kier molecular flexibility index (Phi) is 6.69. The van der Waals surface area contributed by atoms with Crippen molar-refractivity contribution < 1.29 is 9.53 Å². The number of urea groups is 1. The molecule has 0 aliphatic rings. The normalized spacial score (nSPS) is 9.89. The summed E-state index contributed by atoms with van der Waals surface area (Å²) in [6.07, 6.45) is 2.93. The zero-order chi connectivity index (χ0) is 13.2. The Bertz CT molecular complexity index is 349. The summed E-state index contributed by atoms with van der Waals surface area (Å²) in [5.41, 5.74) is 1.18. The second-order valence-electron chi connectivity index (χ2n) is 4.13. The Morgan fingerprint density at radius 1 is 1.17 bits per heavy atom. The van der Waals surface area contributed by atoms with Gasteiger partial charge in [0.25, 0.3) is 0 Å². The molecule has 0 unspecified atom stereocenters. The summed E-state index contributed by atoms with van der Waals surface area (Å²) in [6.45, 7) is 3.48. The van der Waals surface area contributed by atoms with Gasteiger partial charge in [0.05, 0.1) is 7.11 Å². The van der Waals surface area contributed by atoms with Crippen LogP contribution in [0.2, 0.25) is 0 Å². The number of benzene rings is 1. The van der Waals surface area contributed by atoms with Gasteiger partial charge >= 0.3 is 6.03 Å². The van der Waals surface area contributed by atoms with Crippen molar-refractivity contribution in [2.75, 3.05) is 20.2 Å². The van der Waals surface area contributed by atoms with E-state index in [0.29, 0.717) is 6.54 Å². The van der Waals surface area contributed by atoms with Crippen molar-refractivity contribution in [2.24, 2.45) is 0 Å². The average Bonchev–Trinajstić information content (AvgIpc) is 2.40. The smallest absolute Gasteiger partial charge is 0.314 e. The first kappa shape index (κ1) is 14.4. The summed E-state index contributed by atoms with van der Waals surface area (Å²) >= 11 is 0. The third kappa shape index (κ3) is 5.57. The quantitative estimate of drug-likeness (QED) is 0.730. The van der Waals surface area contributed by atoms with E-state index in [1.807, 2.05) is 24.3 Å². The summed E-state index contributed by atoms with van der Waals surface area (Å²) < 4.78 is 5.09. The van der Waals surface area contributed by atoms with Gasteiger partial charge in [-0.2, -0.15) is 0 Å². The Balaban J connectivity index is 2.18. The number of unbranched alkanes of at least 4 members (excludes halogenated alkanes) is 1. The molecule has 1 aromatic rings. The SMILES string of the molecule is CCCCNC(=O)NCCc1ccc(OC)cc1. The largest absolute Gasteiger partial charge is 0.497 e. The van der Waals surface area contributed by atoms with Gasteiger partial charge in [-0.25, -0.2) is 4.79 Å². The highest BCUT2D eigenvalue weighted by Crippen LogP contribution is 2.11. The Labute approximate surface area is 109 Å². The van der Waals surface area contributed by atoms with Crippen LogP contribution < -0.4 is 15.4 Å². The lowest BCUT2D eigenvalue weighted by molar-refractivity contribution is 0.241. The third-order valence-corrected chi connectivity index (χ3v) is 2.67. The zero-order valence-corrected chi connectivity index (χ0v) is 11.2. The standard InChI is InChI=1S/C14H22N2O2/c1-3-4-10-15-14(17)16-11-9-12-5-7-13(18-2)8-6-12/h5-8H,3-4,9-11H2,1-2H3,(H2,15,16,17). The van der Waals surface area contributed by atoms with Crippen LogP contribution in [0.1, 0.15) is 25.3 Å². The Hall–Kier alpha value is -1.71. The number of nitrogens with one attached hydrogen (secondary N) is 2. The molecule has 0 aromatic heterocycles. The predicted octanol–water partition coefficient (Wildman–Crippen LogP) is 2.34. The molecule has 100 valence electrons. The zero-order valence-electron chi connectivity index (χ0n) is 11.2. The van der Waals surface area contributed by atoms with Crippen molar-refractivity contribution in [1.29, 1.82) is 0 Å². The van der Waals surface area contributed by atoms with Crippen LogP contribution in [0.15, 0.2) is 24.3 Å². The molecule has 18 heavy (non-hydrogen) atoms. The van der Waals surface area contributed by atoms with Crippen LogP contribution in [-0.4, -0.2) is 26.2 Å². The van der Waals surface area contributed by atoms with Gasteiger partial charge in [0.1, 0.15) is 5.75 Å². The molecule has 0 aliphatic carbocycles. The molecule has 0 aliphatic heterocycles. The summed E-state index contributed by atoms with van der Waals surface area (Å²) in [4.78, 5) is 11.4. The van der Waals surface area contributed by atoms with Gasteiger partial charge in [0, 0.05) is 13.1 Å². The lowest BCUT2D eigenvalue weighted by Gasteiger charge is -2.07. The van der Waals surface area contributed by atoms with Gasteiger partial charge in [0.15, 0.2) is 0 Å². The molecule has 2 amide bonds. The fraction of sp³-hybridized carbons (Fsp3) is 0.500. The molecule has 2 N–H and O–H groups in total. The van der Waals surface area contributed by atoms with Crippen LogP contribution in [0.4, 0.5) is 4.79 Å². The lowest BCUT2D eigenvalue weighted by atomic mass is 10.1. The number of ether oxygens (including phenoxy) is 1. The second kappa shape index (κ2) is 8.39. The van der Waals surface area contributed by atoms with Crippen LogP contribution in [0.25, 0.3) is 0 Å². The minimum Gasteiger partial charge on any atom is -0.497 e. The van der Waals surface area contributed by atoms with E-state index in [4.69, 9.17) is 4.74 Å². The molecule has 0 radical (unpaired) electrons. The maximum Gasteiger partial charge on any atom is 0.314 e. The third-order valence-electron chi connectivity index (χ3n) is 2.67. The van der Waals surface area contributed by atoms with Gasteiger partial charge in [-0.05, 0) is 30.5 Å². The summed E-state index contributed by atoms with van der Waals surface area (Å²) in [6, 6.07) is 7.79. The molecule has 0 spiro atoms. The van der Waals surface area contributed by atoms with Crippen molar-refractivity contribution in [3.05, 3.63) is 29.8 Å². The van der Waals surface area contributed by atoms with Crippen molar-refractivity contribution in [3.63, 3.8) is 0 Å². The highest BCUT2D eigenvalue weighted by molar-refractivity contribution is 5.73. The number of carbonyl (C=O) groups is 1. The minimum absolute atomic E-state index is 0.0861. The Morgan fingerprint density at radius 3 is 2.44 bits per heavy atom. The van der Waals surface area contributed by atoms with Crippen LogP contribution in [0.3, 0.4) is 0 Å². The number of carbonyl (C=O) groups excluding carboxylic acids is 1. The number of rotatable bonds is 7. The number of amides is 2. The van der Waals surface area contributed by atoms with E-state index in [1.54, 1.807) is 7.11 Å². The Morgan fingerprint density at radius 2 is 1.83 bits per heavy atom. The maximum atomic E-state index is 11.4. The molecule has 0 heterocycles. The monoisotopic (exact) mass is 250 g/mol. The molecule has 0 atom stereocenters. The highest BCUT2D eigenvalue weighted by atomic mass is 16.5. The van der Waals surface area contributed by atoms with Crippen LogP contribution in [0.5, 0.6) is 5.75 Å². The van der Waals surface area contributed by atoms with Crippen molar-refractivity contribution in [2.45, 2.75) is 26.2 Å². The van der Waals surface area contributed by atoms with Crippen LogP contribution in [0, 0.1) is 0 Å². The first-order valence-electron chi connectivity index (χ1n) is 6.41.